The summed E-state index contributed by atoms with van der Waals surface area (Å²) in [5, 5.41) is 0. The fourth-order valence-corrected chi connectivity index (χ4v) is 5.88. The van der Waals surface area contributed by atoms with Crippen LogP contribution in [0.5, 0.6) is 0 Å². The minimum atomic E-state index is 0.589. The van der Waals surface area contributed by atoms with Crippen molar-refractivity contribution in [2.75, 3.05) is 0 Å². The summed E-state index contributed by atoms with van der Waals surface area (Å²) in [6.07, 6.45) is 39.3. The van der Waals surface area contributed by atoms with E-state index in [9.17, 15) is 0 Å². The van der Waals surface area contributed by atoms with E-state index in [1.807, 2.05) is 0 Å². The fourth-order valence-electron chi connectivity index (χ4n) is 5.88. The molecule has 0 heteroatoms. The lowest BCUT2D eigenvalue weighted by Gasteiger charge is -2.37. The van der Waals surface area contributed by atoms with E-state index in [0.29, 0.717) is 5.41 Å². The Balaban J connectivity index is 4.24. The first-order valence-corrected chi connectivity index (χ1v) is 16.6. The van der Waals surface area contributed by atoms with Gasteiger partial charge in [-0.3, -0.25) is 0 Å². The van der Waals surface area contributed by atoms with Crippen molar-refractivity contribution in [1.29, 1.82) is 0 Å². The second-order valence-corrected chi connectivity index (χ2v) is 12.3. The van der Waals surface area contributed by atoms with Crippen LogP contribution in [0, 0.1) is 11.3 Å². The molecule has 0 aromatic rings. The molecule has 0 aromatic carbocycles. The van der Waals surface area contributed by atoms with E-state index < -0.39 is 0 Å². The highest BCUT2D eigenvalue weighted by Crippen LogP contribution is 2.41. The van der Waals surface area contributed by atoms with Gasteiger partial charge in [0.25, 0.3) is 0 Å². The van der Waals surface area contributed by atoms with Crippen molar-refractivity contribution in [3.05, 3.63) is 0 Å². The standard InChI is InChI=1S/C34H70/c1-6-9-12-15-18-21-24-27-30-33(4)34(5,31-28-25-22-19-16-13-10-7-2)32-29-26-23-20-17-14-11-8-3/h33H,6-32H2,1-5H3. The van der Waals surface area contributed by atoms with Crippen LogP contribution in [-0.2, 0) is 0 Å². The molecule has 0 saturated heterocycles. The van der Waals surface area contributed by atoms with Gasteiger partial charge in [0.2, 0.25) is 0 Å². The Labute approximate surface area is 219 Å². The number of rotatable bonds is 28. The zero-order valence-electron chi connectivity index (χ0n) is 25.2. The van der Waals surface area contributed by atoms with E-state index in [0.717, 1.165) is 5.92 Å². The van der Waals surface area contributed by atoms with Crippen LogP contribution in [0.3, 0.4) is 0 Å². The molecule has 0 N–H and O–H groups in total. The van der Waals surface area contributed by atoms with Crippen molar-refractivity contribution in [2.24, 2.45) is 11.3 Å². The Morgan fingerprint density at radius 2 is 0.647 bits per heavy atom. The van der Waals surface area contributed by atoms with Gasteiger partial charge >= 0.3 is 0 Å². The van der Waals surface area contributed by atoms with Gasteiger partial charge in [-0.1, -0.05) is 195 Å². The number of hydrogen-bond donors (Lipinski definition) is 0. The van der Waals surface area contributed by atoms with E-state index in [1.54, 1.807) is 0 Å². The molecule has 0 fully saturated rings. The Morgan fingerprint density at radius 1 is 0.382 bits per heavy atom. The Morgan fingerprint density at radius 3 is 0.971 bits per heavy atom. The van der Waals surface area contributed by atoms with Crippen molar-refractivity contribution >= 4 is 0 Å². The topological polar surface area (TPSA) is 0 Å². The van der Waals surface area contributed by atoms with Gasteiger partial charge in [0.1, 0.15) is 0 Å². The summed E-state index contributed by atoms with van der Waals surface area (Å²) in [7, 11) is 0. The fraction of sp³-hybridized carbons (Fsp3) is 1.00. The van der Waals surface area contributed by atoms with Crippen LogP contribution in [0.25, 0.3) is 0 Å². The Kier molecular flexibility index (Phi) is 26.1. The molecule has 0 nitrogen and oxygen atoms in total. The van der Waals surface area contributed by atoms with Gasteiger partial charge < -0.3 is 0 Å². The molecule has 34 heavy (non-hydrogen) atoms. The molecular formula is C34H70. The van der Waals surface area contributed by atoms with Gasteiger partial charge in [0.15, 0.2) is 0 Å². The van der Waals surface area contributed by atoms with Gasteiger partial charge in [-0.2, -0.15) is 0 Å². The van der Waals surface area contributed by atoms with Crippen LogP contribution >= 0.6 is 0 Å². The van der Waals surface area contributed by atoms with Crippen LogP contribution in [0.15, 0.2) is 0 Å². The van der Waals surface area contributed by atoms with E-state index in [4.69, 9.17) is 0 Å². The molecule has 1 unspecified atom stereocenters. The predicted molar refractivity (Wildman–Crippen MR) is 159 cm³/mol. The van der Waals surface area contributed by atoms with Gasteiger partial charge in [-0.05, 0) is 24.2 Å². The van der Waals surface area contributed by atoms with E-state index in [2.05, 4.69) is 34.6 Å². The summed E-state index contributed by atoms with van der Waals surface area (Å²) in [5.74, 6) is 0.904. The average Bonchev–Trinajstić information content (AvgIpc) is 2.84. The van der Waals surface area contributed by atoms with E-state index in [1.165, 1.54) is 173 Å². The number of hydrogen-bond acceptors (Lipinski definition) is 0. The van der Waals surface area contributed by atoms with Gasteiger partial charge in [0, 0.05) is 0 Å². The molecule has 0 saturated carbocycles. The number of unbranched alkanes of at least 4 members (excludes halogenated alkanes) is 21. The maximum atomic E-state index is 2.67. The van der Waals surface area contributed by atoms with Gasteiger partial charge in [-0.15, -0.1) is 0 Å². The lowest BCUT2D eigenvalue weighted by molar-refractivity contribution is 0.143. The Hall–Kier alpha value is 0. The first-order valence-electron chi connectivity index (χ1n) is 16.6. The zero-order valence-corrected chi connectivity index (χ0v) is 25.2. The highest BCUT2D eigenvalue weighted by Gasteiger charge is 2.29. The maximum absolute atomic E-state index is 2.67. The minimum absolute atomic E-state index is 0.589. The molecular weight excluding hydrogens is 408 g/mol. The average molecular weight is 479 g/mol. The molecule has 0 aliphatic heterocycles. The van der Waals surface area contributed by atoms with Crippen molar-refractivity contribution in [2.45, 2.75) is 208 Å². The monoisotopic (exact) mass is 479 g/mol. The molecule has 0 aromatic heterocycles. The minimum Gasteiger partial charge on any atom is -0.0654 e. The lowest BCUT2D eigenvalue weighted by Crippen LogP contribution is -2.26. The highest BCUT2D eigenvalue weighted by atomic mass is 14.3. The lowest BCUT2D eigenvalue weighted by atomic mass is 9.69. The third-order valence-electron chi connectivity index (χ3n) is 8.88. The van der Waals surface area contributed by atoms with E-state index >= 15 is 0 Å². The molecule has 0 rings (SSSR count). The van der Waals surface area contributed by atoms with Crippen molar-refractivity contribution in [1.82, 2.24) is 0 Å². The van der Waals surface area contributed by atoms with E-state index in [-0.39, 0.29) is 0 Å². The molecule has 0 heterocycles. The van der Waals surface area contributed by atoms with Crippen molar-refractivity contribution in [3.8, 4) is 0 Å². The molecule has 0 aliphatic rings. The third kappa shape index (κ3) is 21.3. The van der Waals surface area contributed by atoms with Crippen LogP contribution in [0.2, 0.25) is 0 Å². The van der Waals surface area contributed by atoms with Crippen molar-refractivity contribution < 1.29 is 0 Å². The maximum Gasteiger partial charge on any atom is -0.0300 e. The van der Waals surface area contributed by atoms with Crippen molar-refractivity contribution in [3.63, 3.8) is 0 Å². The SMILES string of the molecule is CCCCCCCCCCC(C)C(C)(CCCCCCCCCC)CCCCCCCCCC. The largest absolute Gasteiger partial charge is 0.0654 e. The molecule has 0 spiro atoms. The zero-order chi connectivity index (χ0) is 25.2. The third-order valence-corrected chi connectivity index (χ3v) is 8.88. The summed E-state index contributed by atoms with van der Waals surface area (Å²) in [4.78, 5) is 0. The van der Waals surface area contributed by atoms with Crippen LogP contribution in [0.4, 0.5) is 0 Å². The molecule has 206 valence electrons. The van der Waals surface area contributed by atoms with Gasteiger partial charge in [0.05, 0.1) is 0 Å². The summed E-state index contributed by atoms with van der Waals surface area (Å²) >= 11 is 0. The first kappa shape index (κ1) is 34.0. The summed E-state index contributed by atoms with van der Waals surface area (Å²) < 4.78 is 0. The summed E-state index contributed by atoms with van der Waals surface area (Å²) in [5.41, 5.74) is 0.589. The van der Waals surface area contributed by atoms with Crippen LogP contribution in [-0.4, -0.2) is 0 Å². The molecule has 0 bridgehead atoms. The smallest absolute Gasteiger partial charge is 0.0300 e. The predicted octanol–water partition coefficient (Wildman–Crippen LogP) is 13.2. The first-order chi connectivity index (χ1) is 16.6. The molecule has 0 amide bonds. The highest BCUT2D eigenvalue weighted by molar-refractivity contribution is 4.80. The molecule has 1 atom stereocenters. The molecule has 0 aliphatic carbocycles. The summed E-state index contributed by atoms with van der Waals surface area (Å²) in [6.45, 7) is 12.2. The molecule has 0 radical (unpaired) electrons. The quantitative estimate of drug-likeness (QED) is 0.0980. The Bertz CT molecular complexity index is 350. The second-order valence-electron chi connectivity index (χ2n) is 12.3. The summed E-state index contributed by atoms with van der Waals surface area (Å²) in [6, 6.07) is 0. The normalized spacial score (nSPS) is 13.0. The van der Waals surface area contributed by atoms with Gasteiger partial charge in [-0.25, -0.2) is 0 Å². The second kappa shape index (κ2) is 26.1. The van der Waals surface area contributed by atoms with Crippen LogP contribution in [0.1, 0.15) is 208 Å². The van der Waals surface area contributed by atoms with Crippen LogP contribution < -0.4 is 0 Å².